The number of fused-ring (bicyclic) bond motifs is 1. The summed E-state index contributed by atoms with van der Waals surface area (Å²) in [7, 11) is 1.93. The molecule has 98 valence electrons. The number of rotatable bonds is 3. The van der Waals surface area contributed by atoms with Crippen LogP contribution in [-0.2, 0) is 13.5 Å². The van der Waals surface area contributed by atoms with E-state index in [-0.39, 0.29) is 0 Å². The Labute approximate surface area is 112 Å². The van der Waals surface area contributed by atoms with Crippen LogP contribution in [0, 0.1) is 5.92 Å². The average Bonchev–Trinajstić information content (AvgIpc) is 2.94. The van der Waals surface area contributed by atoms with Crippen LogP contribution < -0.4 is 0 Å². The quantitative estimate of drug-likeness (QED) is 0.780. The fraction of sp³-hybridized carbons (Fsp3) is 0.333. The van der Waals surface area contributed by atoms with Gasteiger partial charge < -0.3 is 4.98 Å². The normalized spacial score (nSPS) is 11.6. The van der Waals surface area contributed by atoms with Gasteiger partial charge in [0.1, 0.15) is 5.65 Å². The molecule has 3 aromatic heterocycles. The van der Waals surface area contributed by atoms with Gasteiger partial charge in [0.25, 0.3) is 0 Å². The highest BCUT2D eigenvalue weighted by molar-refractivity contribution is 5.93. The molecule has 0 aliphatic heterocycles. The Bertz CT molecular complexity index is 706. The maximum absolute atomic E-state index is 4.50. The molecule has 4 heteroatoms. The van der Waals surface area contributed by atoms with Gasteiger partial charge in [-0.1, -0.05) is 13.8 Å². The van der Waals surface area contributed by atoms with Crippen LogP contribution in [0.4, 0.5) is 0 Å². The molecule has 3 aromatic rings. The van der Waals surface area contributed by atoms with E-state index in [2.05, 4.69) is 35.0 Å². The minimum Gasteiger partial charge on any atom is -0.346 e. The van der Waals surface area contributed by atoms with Gasteiger partial charge in [0.15, 0.2) is 0 Å². The van der Waals surface area contributed by atoms with Crippen molar-refractivity contribution in [2.75, 3.05) is 0 Å². The van der Waals surface area contributed by atoms with Crippen LogP contribution >= 0.6 is 0 Å². The van der Waals surface area contributed by atoms with Crippen LogP contribution in [0.2, 0.25) is 0 Å². The van der Waals surface area contributed by atoms with E-state index in [1.165, 1.54) is 16.5 Å². The molecule has 4 nitrogen and oxygen atoms in total. The third-order valence-corrected chi connectivity index (χ3v) is 3.25. The molecular formula is C15H18N4. The maximum atomic E-state index is 4.50. The van der Waals surface area contributed by atoms with Crippen molar-refractivity contribution in [3.63, 3.8) is 0 Å². The van der Waals surface area contributed by atoms with Crippen LogP contribution in [0.3, 0.4) is 0 Å². The second kappa shape index (κ2) is 4.53. The first-order valence-electron chi connectivity index (χ1n) is 6.58. The van der Waals surface area contributed by atoms with Crippen molar-refractivity contribution in [2.45, 2.75) is 20.3 Å². The Kier molecular flexibility index (Phi) is 2.85. The molecule has 0 aliphatic rings. The minimum absolute atomic E-state index is 0.639. The first-order chi connectivity index (χ1) is 9.13. The molecule has 0 aliphatic carbocycles. The number of aromatic nitrogens is 4. The van der Waals surface area contributed by atoms with E-state index in [1.807, 2.05) is 36.5 Å². The summed E-state index contributed by atoms with van der Waals surface area (Å²) >= 11 is 0. The summed E-state index contributed by atoms with van der Waals surface area (Å²) in [5.41, 5.74) is 4.51. The molecular weight excluding hydrogens is 236 g/mol. The second-order valence-corrected chi connectivity index (χ2v) is 5.44. The fourth-order valence-corrected chi connectivity index (χ4v) is 2.43. The summed E-state index contributed by atoms with van der Waals surface area (Å²) in [6, 6.07) is 2.24. The molecule has 0 atom stereocenters. The van der Waals surface area contributed by atoms with Gasteiger partial charge in [0, 0.05) is 42.2 Å². The lowest BCUT2D eigenvalue weighted by atomic mass is 10.0. The van der Waals surface area contributed by atoms with E-state index < -0.39 is 0 Å². The van der Waals surface area contributed by atoms with Crippen LogP contribution in [0.5, 0.6) is 0 Å². The summed E-state index contributed by atoms with van der Waals surface area (Å²) in [6.07, 6.45) is 8.94. The Morgan fingerprint density at radius 3 is 2.84 bits per heavy atom. The van der Waals surface area contributed by atoms with E-state index >= 15 is 0 Å². The number of nitrogens with zero attached hydrogens (tertiary/aromatic N) is 3. The minimum atomic E-state index is 0.639. The zero-order valence-corrected chi connectivity index (χ0v) is 11.5. The van der Waals surface area contributed by atoms with E-state index in [1.54, 1.807) is 0 Å². The largest absolute Gasteiger partial charge is 0.346 e. The van der Waals surface area contributed by atoms with Crippen molar-refractivity contribution >= 4 is 11.0 Å². The van der Waals surface area contributed by atoms with Crippen molar-refractivity contribution in [3.8, 4) is 11.1 Å². The Balaban J connectivity index is 2.10. The predicted molar refractivity (Wildman–Crippen MR) is 76.8 cm³/mol. The highest BCUT2D eigenvalue weighted by Crippen LogP contribution is 2.28. The molecule has 0 saturated carbocycles. The fourth-order valence-electron chi connectivity index (χ4n) is 2.43. The summed E-state index contributed by atoms with van der Waals surface area (Å²) < 4.78 is 1.82. The van der Waals surface area contributed by atoms with Crippen molar-refractivity contribution in [1.29, 1.82) is 0 Å². The number of hydrogen-bond donors (Lipinski definition) is 1. The Morgan fingerprint density at radius 1 is 1.32 bits per heavy atom. The zero-order chi connectivity index (χ0) is 13.4. The van der Waals surface area contributed by atoms with E-state index in [9.17, 15) is 0 Å². The molecule has 0 saturated heterocycles. The molecule has 0 unspecified atom stereocenters. The van der Waals surface area contributed by atoms with Gasteiger partial charge in [-0.25, -0.2) is 4.98 Å². The number of nitrogens with one attached hydrogen (secondary N) is 1. The molecule has 1 N–H and O–H groups in total. The van der Waals surface area contributed by atoms with Crippen LogP contribution in [0.1, 0.15) is 19.4 Å². The highest BCUT2D eigenvalue weighted by Gasteiger charge is 2.10. The number of H-pyrrole nitrogens is 1. The summed E-state index contributed by atoms with van der Waals surface area (Å²) in [5, 5.41) is 5.40. The Morgan fingerprint density at radius 2 is 2.16 bits per heavy atom. The van der Waals surface area contributed by atoms with E-state index in [4.69, 9.17) is 0 Å². The second-order valence-electron chi connectivity index (χ2n) is 5.44. The first-order valence-corrected chi connectivity index (χ1v) is 6.58. The number of aromatic amines is 1. The van der Waals surface area contributed by atoms with Crippen molar-refractivity contribution < 1.29 is 0 Å². The molecule has 3 rings (SSSR count). The Hall–Kier alpha value is -2.10. The predicted octanol–water partition coefficient (Wildman–Crippen LogP) is 3.16. The average molecular weight is 254 g/mol. The van der Waals surface area contributed by atoms with E-state index in [0.717, 1.165) is 17.6 Å². The molecule has 0 fully saturated rings. The third kappa shape index (κ3) is 2.26. The van der Waals surface area contributed by atoms with Gasteiger partial charge in [0.2, 0.25) is 0 Å². The van der Waals surface area contributed by atoms with Gasteiger partial charge in [-0.05, 0) is 24.0 Å². The van der Waals surface area contributed by atoms with Crippen LogP contribution in [0.25, 0.3) is 22.2 Å². The number of pyridine rings is 1. The van der Waals surface area contributed by atoms with Gasteiger partial charge in [-0.2, -0.15) is 5.10 Å². The van der Waals surface area contributed by atoms with Gasteiger partial charge >= 0.3 is 0 Å². The highest BCUT2D eigenvalue weighted by atomic mass is 15.2. The number of aryl methyl sites for hydroxylation is 1. The molecule has 0 bridgehead atoms. The SMILES string of the molecule is CC(C)Cc1cnc2[nH]cc(-c3cnn(C)c3)c2c1. The van der Waals surface area contributed by atoms with Crippen molar-refractivity contribution in [3.05, 3.63) is 36.4 Å². The molecule has 0 aromatic carbocycles. The molecule has 19 heavy (non-hydrogen) atoms. The maximum Gasteiger partial charge on any atom is 0.137 e. The van der Waals surface area contributed by atoms with Gasteiger partial charge in [-0.3, -0.25) is 4.68 Å². The summed E-state index contributed by atoms with van der Waals surface area (Å²) in [4.78, 5) is 7.73. The lowest BCUT2D eigenvalue weighted by Gasteiger charge is -2.04. The molecule has 0 amide bonds. The lowest BCUT2D eigenvalue weighted by Crippen LogP contribution is -1.94. The van der Waals surface area contributed by atoms with Gasteiger partial charge in [0.05, 0.1) is 6.20 Å². The smallest absolute Gasteiger partial charge is 0.137 e. The summed E-state index contributed by atoms with van der Waals surface area (Å²) in [6.45, 7) is 4.45. The zero-order valence-electron chi connectivity index (χ0n) is 11.5. The monoisotopic (exact) mass is 254 g/mol. The number of hydrogen-bond acceptors (Lipinski definition) is 2. The third-order valence-electron chi connectivity index (χ3n) is 3.25. The molecule has 3 heterocycles. The molecule has 0 radical (unpaired) electrons. The van der Waals surface area contributed by atoms with Crippen LogP contribution in [-0.4, -0.2) is 19.7 Å². The van der Waals surface area contributed by atoms with Gasteiger partial charge in [-0.15, -0.1) is 0 Å². The molecule has 0 spiro atoms. The van der Waals surface area contributed by atoms with E-state index in [0.29, 0.717) is 5.92 Å². The summed E-state index contributed by atoms with van der Waals surface area (Å²) in [5.74, 6) is 0.639. The first kappa shape index (κ1) is 12.0. The van der Waals surface area contributed by atoms with Crippen LogP contribution in [0.15, 0.2) is 30.9 Å². The standard InChI is InChI=1S/C15H18N4/c1-10(2)4-11-5-13-14(8-17-15(13)16-6-11)12-7-18-19(3)9-12/h5-10H,4H2,1-3H3,(H,16,17). The topological polar surface area (TPSA) is 46.5 Å². The lowest BCUT2D eigenvalue weighted by molar-refractivity contribution is 0.646. The van der Waals surface area contributed by atoms with Crippen molar-refractivity contribution in [1.82, 2.24) is 19.7 Å². The van der Waals surface area contributed by atoms with Crippen molar-refractivity contribution in [2.24, 2.45) is 13.0 Å².